The van der Waals surface area contributed by atoms with E-state index in [-0.39, 0.29) is 0 Å². The molecule has 3 nitrogen and oxygen atoms in total. The van der Waals surface area contributed by atoms with Crippen molar-refractivity contribution < 1.29 is 0 Å². The van der Waals surface area contributed by atoms with E-state index in [1.54, 1.807) is 6.20 Å². The van der Waals surface area contributed by atoms with Gasteiger partial charge in [0.25, 0.3) is 0 Å². The van der Waals surface area contributed by atoms with Crippen molar-refractivity contribution in [3.05, 3.63) is 51.6 Å². The van der Waals surface area contributed by atoms with Crippen LogP contribution in [0.3, 0.4) is 0 Å². The molecule has 0 aliphatic rings. The Kier molecular flexibility index (Phi) is 4.65. The fourth-order valence-electron chi connectivity index (χ4n) is 2.13. The van der Waals surface area contributed by atoms with Crippen LogP contribution in [0.5, 0.6) is 0 Å². The summed E-state index contributed by atoms with van der Waals surface area (Å²) in [6.45, 7) is 8.02. The Morgan fingerprint density at radius 1 is 1.25 bits per heavy atom. The molecule has 0 saturated heterocycles. The third kappa shape index (κ3) is 2.96. The highest BCUT2D eigenvalue weighted by Gasteiger charge is 2.14. The highest BCUT2D eigenvalue weighted by molar-refractivity contribution is 9.10. The molecule has 2 rings (SSSR count). The van der Waals surface area contributed by atoms with Gasteiger partial charge in [0, 0.05) is 13.1 Å². The van der Waals surface area contributed by atoms with Crippen molar-refractivity contribution in [2.75, 3.05) is 17.2 Å². The summed E-state index contributed by atoms with van der Waals surface area (Å²) in [7, 11) is 0. The smallest absolute Gasteiger partial charge is 0.143 e. The van der Waals surface area contributed by atoms with Gasteiger partial charge in [0.15, 0.2) is 0 Å². The number of nitrogens with two attached hydrogens (primary N) is 1. The molecule has 0 atom stereocenters. The third-order valence-corrected chi connectivity index (χ3v) is 4.54. The Morgan fingerprint density at radius 2 is 1.95 bits per heavy atom. The second-order valence-electron chi connectivity index (χ2n) is 4.92. The summed E-state index contributed by atoms with van der Waals surface area (Å²) in [5.74, 6) is 0.947. The molecule has 106 valence electrons. The molecular formula is C16H20BrN3. The fraction of sp³-hybridized carbons (Fsp3) is 0.312. The second-order valence-corrected chi connectivity index (χ2v) is 5.71. The van der Waals surface area contributed by atoms with Gasteiger partial charge >= 0.3 is 0 Å². The van der Waals surface area contributed by atoms with Crippen LogP contribution >= 0.6 is 15.9 Å². The first-order valence-electron chi connectivity index (χ1n) is 6.74. The van der Waals surface area contributed by atoms with Crippen molar-refractivity contribution >= 4 is 27.4 Å². The van der Waals surface area contributed by atoms with E-state index in [2.05, 4.69) is 63.9 Å². The van der Waals surface area contributed by atoms with Crippen molar-refractivity contribution in [1.82, 2.24) is 4.98 Å². The quantitative estimate of drug-likeness (QED) is 0.916. The van der Waals surface area contributed by atoms with Crippen molar-refractivity contribution in [2.24, 2.45) is 0 Å². The van der Waals surface area contributed by atoms with E-state index in [9.17, 15) is 0 Å². The van der Waals surface area contributed by atoms with Gasteiger partial charge in [-0.2, -0.15) is 0 Å². The average molecular weight is 334 g/mol. The molecule has 1 aromatic heterocycles. The standard InChI is InChI=1S/C16H20BrN3/c1-4-20(10-13-8-6-5-7-11(13)2)16-15(17)12(3)14(18)9-19-16/h5-9H,4,10,18H2,1-3H3. The summed E-state index contributed by atoms with van der Waals surface area (Å²) >= 11 is 3.62. The fourth-order valence-corrected chi connectivity index (χ4v) is 2.71. The van der Waals surface area contributed by atoms with Crippen molar-refractivity contribution in [3.8, 4) is 0 Å². The normalized spacial score (nSPS) is 10.6. The van der Waals surface area contributed by atoms with Gasteiger partial charge in [-0.1, -0.05) is 24.3 Å². The van der Waals surface area contributed by atoms with E-state index in [0.29, 0.717) is 5.69 Å². The molecule has 0 unspecified atom stereocenters. The molecule has 1 heterocycles. The molecule has 4 heteroatoms. The zero-order valence-corrected chi connectivity index (χ0v) is 13.7. The predicted molar refractivity (Wildman–Crippen MR) is 89.0 cm³/mol. The zero-order valence-electron chi connectivity index (χ0n) is 12.2. The summed E-state index contributed by atoms with van der Waals surface area (Å²) in [4.78, 5) is 6.74. The van der Waals surface area contributed by atoms with Gasteiger partial charge in [-0.25, -0.2) is 4.98 Å². The molecule has 0 radical (unpaired) electrons. The van der Waals surface area contributed by atoms with Gasteiger partial charge in [0.05, 0.1) is 16.4 Å². The predicted octanol–water partition coefficient (Wildman–Crippen LogP) is 4.07. The summed E-state index contributed by atoms with van der Waals surface area (Å²) in [6, 6.07) is 8.44. The molecule has 0 aliphatic carbocycles. The maximum Gasteiger partial charge on any atom is 0.143 e. The molecule has 0 amide bonds. The SMILES string of the molecule is CCN(Cc1ccccc1C)c1ncc(N)c(C)c1Br. The van der Waals surface area contributed by atoms with Crippen LogP contribution in [0.15, 0.2) is 34.9 Å². The van der Waals surface area contributed by atoms with E-state index in [4.69, 9.17) is 5.73 Å². The van der Waals surface area contributed by atoms with Crippen molar-refractivity contribution in [3.63, 3.8) is 0 Å². The highest BCUT2D eigenvalue weighted by atomic mass is 79.9. The maximum atomic E-state index is 5.90. The number of aromatic nitrogens is 1. The Hall–Kier alpha value is -1.55. The van der Waals surface area contributed by atoms with Crippen molar-refractivity contribution in [2.45, 2.75) is 27.3 Å². The number of hydrogen-bond donors (Lipinski definition) is 1. The van der Waals surface area contributed by atoms with Crippen LogP contribution in [-0.2, 0) is 6.54 Å². The maximum absolute atomic E-state index is 5.90. The number of halogens is 1. The molecule has 0 aliphatic heterocycles. The van der Waals surface area contributed by atoms with Crippen LogP contribution in [0.1, 0.15) is 23.6 Å². The number of benzene rings is 1. The topological polar surface area (TPSA) is 42.2 Å². The van der Waals surface area contributed by atoms with Crippen LogP contribution in [-0.4, -0.2) is 11.5 Å². The molecule has 0 spiro atoms. The molecule has 0 fully saturated rings. The summed E-state index contributed by atoms with van der Waals surface area (Å²) in [5.41, 5.74) is 10.3. The minimum absolute atomic E-state index is 0.715. The Morgan fingerprint density at radius 3 is 2.60 bits per heavy atom. The summed E-state index contributed by atoms with van der Waals surface area (Å²) < 4.78 is 0.980. The largest absolute Gasteiger partial charge is 0.397 e. The van der Waals surface area contributed by atoms with Crippen LogP contribution in [0.25, 0.3) is 0 Å². The number of nitrogen functional groups attached to an aromatic ring is 1. The Labute approximate surface area is 129 Å². The highest BCUT2D eigenvalue weighted by Crippen LogP contribution is 2.31. The number of aryl methyl sites for hydroxylation is 1. The molecule has 2 N–H and O–H groups in total. The van der Waals surface area contributed by atoms with E-state index < -0.39 is 0 Å². The first-order valence-corrected chi connectivity index (χ1v) is 7.54. The molecule has 0 bridgehead atoms. The number of hydrogen-bond acceptors (Lipinski definition) is 3. The lowest BCUT2D eigenvalue weighted by atomic mass is 10.1. The van der Waals surface area contributed by atoms with Crippen molar-refractivity contribution in [1.29, 1.82) is 0 Å². The summed E-state index contributed by atoms with van der Waals surface area (Å²) in [6.07, 6.45) is 1.73. The van der Waals surface area contributed by atoms with E-state index in [1.165, 1.54) is 11.1 Å². The van der Waals surface area contributed by atoms with E-state index in [0.717, 1.165) is 28.9 Å². The number of nitrogens with zero attached hydrogens (tertiary/aromatic N) is 2. The molecule has 2 aromatic rings. The lowest BCUT2D eigenvalue weighted by Crippen LogP contribution is -2.24. The average Bonchev–Trinajstić information content (AvgIpc) is 2.45. The van der Waals surface area contributed by atoms with Crippen LogP contribution in [0.2, 0.25) is 0 Å². The number of pyridine rings is 1. The molecule has 0 saturated carbocycles. The first kappa shape index (κ1) is 14.9. The minimum atomic E-state index is 0.715. The van der Waals surface area contributed by atoms with Gasteiger partial charge in [-0.15, -0.1) is 0 Å². The Bertz CT molecular complexity index is 611. The number of rotatable bonds is 4. The van der Waals surface area contributed by atoms with Crippen LogP contribution in [0, 0.1) is 13.8 Å². The van der Waals surface area contributed by atoms with E-state index >= 15 is 0 Å². The van der Waals surface area contributed by atoms with Gasteiger partial charge in [0.2, 0.25) is 0 Å². The number of anilines is 2. The van der Waals surface area contributed by atoms with Gasteiger partial charge in [-0.05, 0) is 53.4 Å². The minimum Gasteiger partial charge on any atom is -0.397 e. The molecular weight excluding hydrogens is 314 g/mol. The monoisotopic (exact) mass is 333 g/mol. The van der Waals surface area contributed by atoms with Gasteiger partial charge in [0.1, 0.15) is 5.82 Å². The molecule has 1 aromatic carbocycles. The second kappa shape index (κ2) is 6.27. The van der Waals surface area contributed by atoms with Crippen LogP contribution < -0.4 is 10.6 Å². The molecule has 20 heavy (non-hydrogen) atoms. The van der Waals surface area contributed by atoms with E-state index in [1.807, 2.05) is 6.92 Å². The lowest BCUT2D eigenvalue weighted by molar-refractivity contribution is 0.806. The Balaban J connectivity index is 2.34. The summed E-state index contributed by atoms with van der Waals surface area (Å²) in [5, 5.41) is 0. The van der Waals surface area contributed by atoms with Gasteiger partial charge in [-0.3, -0.25) is 0 Å². The van der Waals surface area contributed by atoms with Gasteiger partial charge < -0.3 is 10.6 Å². The zero-order chi connectivity index (χ0) is 14.7. The first-order chi connectivity index (χ1) is 9.54. The lowest BCUT2D eigenvalue weighted by Gasteiger charge is -2.25. The van der Waals surface area contributed by atoms with Crippen LogP contribution in [0.4, 0.5) is 11.5 Å². The third-order valence-electron chi connectivity index (χ3n) is 3.59.